The van der Waals surface area contributed by atoms with Gasteiger partial charge >= 0.3 is 0 Å². The van der Waals surface area contributed by atoms with Crippen molar-refractivity contribution in [2.24, 2.45) is 0 Å². The molecule has 2 rings (SSSR count). The average Bonchev–Trinajstić information content (AvgIpc) is 2.48. The van der Waals surface area contributed by atoms with E-state index in [1.54, 1.807) is 31.3 Å². The number of nitrogens with zero attached hydrogens (tertiary/aromatic N) is 1. The van der Waals surface area contributed by atoms with Gasteiger partial charge in [-0.15, -0.1) is 0 Å². The summed E-state index contributed by atoms with van der Waals surface area (Å²) >= 11 is 9.38. The molecule has 0 aromatic heterocycles. The van der Waals surface area contributed by atoms with E-state index in [0.29, 0.717) is 5.69 Å². The molecule has 0 heterocycles. The van der Waals surface area contributed by atoms with Crippen LogP contribution in [-0.2, 0) is 4.79 Å². The first-order valence-electron chi connectivity index (χ1n) is 6.34. The maximum Gasteiger partial charge on any atom is 0.266 e. The molecule has 0 bridgehead atoms. The van der Waals surface area contributed by atoms with E-state index in [4.69, 9.17) is 11.6 Å². The van der Waals surface area contributed by atoms with Gasteiger partial charge in [-0.1, -0.05) is 41.9 Å². The van der Waals surface area contributed by atoms with Gasteiger partial charge in [-0.3, -0.25) is 4.79 Å². The fourth-order valence-electron chi connectivity index (χ4n) is 1.99. The van der Waals surface area contributed by atoms with E-state index in [1.165, 1.54) is 11.0 Å². The predicted molar refractivity (Wildman–Crippen MR) is 87.6 cm³/mol. The monoisotopic (exact) mass is 369 g/mol. The number of carbonyl (C=O) groups is 1. The van der Waals surface area contributed by atoms with Gasteiger partial charge in [0.2, 0.25) is 6.17 Å². The Kier molecular flexibility index (Phi) is 5.01. The lowest BCUT2D eigenvalue weighted by atomic mass is 10.1. The van der Waals surface area contributed by atoms with Gasteiger partial charge in [-0.2, -0.15) is 0 Å². The molecule has 0 saturated heterocycles. The lowest BCUT2D eigenvalue weighted by Crippen LogP contribution is -2.30. The van der Waals surface area contributed by atoms with Gasteiger partial charge in [-0.25, -0.2) is 4.39 Å². The molecule has 0 fully saturated rings. The number of halogens is 3. The van der Waals surface area contributed by atoms with Crippen LogP contribution in [-0.4, -0.2) is 13.0 Å². The molecule has 2 nitrogen and oxygen atoms in total. The van der Waals surface area contributed by atoms with Crippen molar-refractivity contribution < 1.29 is 9.18 Å². The van der Waals surface area contributed by atoms with Gasteiger partial charge < -0.3 is 4.90 Å². The third kappa shape index (κ3) is 3.27. The number of rotatable bonds is 3. The number of amides is 1. The summed E-state index contributed by atoms with van der Waals surface area (Å²) < 4.78 is 15.2. The maximum atomic E-state index is 14.5. The third-order valence-corrected chi connectivity index (χ3v) is 4.63. The van der Waals surface area contributed by atoms with Crippen molar-refractivity contribution in [3.05, 3.63) is 63.1 Å². The van der Waals surface area contributed by atoms with Crippen LogP contribution in [0.2, 0.25) is 5.02 Å². The zero-order chi connectivity index (χ0) is 15.6. The third-order valence-electron chi connectivity index (χ3n) is 3.26. The average molecular weight is 371 g/mol. The second-order valence-corrected chi connectivity index (χ2v) is 5.89. The van der Waals surface area contributed by atoms with E-state index in [2.05, 4.69) is 15.9 Å². The summed E-state index contributed by atoms with van der Waals surface area (Å²) in [7, 11) is 1.55. The summed E-state index contributed by atoms with van der Waals surface area (Å²) in [6.45, 7) is 1.91. The van der Waals surface area contributed by atoms with Gasteiger partial charge in [0.15, 0.2) is 0 Å². The van der Waals surface area contributed by atoms with Gasteiger partial charge in [0.05, 0.1) is 5.69 Å². The van der Waals surface area contributed by atoms with E-state index in [0.717, 1.165) is 10.0 Å². The minimum atomic E-state index is -1.80. The number of hydrogen-bond donors (Lipinski definition) is 0. The number of carbonyl (C=O) groups excluding carboxylic acids is 1. The molecule has 0 aliphatic rings. The van der Waals surface area contributed by atoms with Crippen molar-refractivity contribution in [1.29, 1.82) is 0 Å². The molecule has 0 saturated carbocycles. The Bertz CT molecular complexity index is 677. The van der Waals surface area contributed by atoms with Gasteiger partial charge in [0, 0.05) is 22.1 Å². The first kappa shape index (κ1) is 16.0. The van der Waals surface area contributed by atoms with Crippen LogP contribution in [0.4, 0.5) is 10.1 Å². The summed E-state index contributed by atoms with van der Waals surface area (Å²) in [5.74, 6) is -0.658. The van der Waals surface area contributed by atoms with Crippen molar-refractivity contribution >= 4 is 39.1 Å². The topological polar surface area (TPSA) is 20.3 Å². The molecule has 1 unspecified atom stereocenters. The highest BCUT2D eigenvalue weighted by atomic mass is 79.9. The van der Waals surface area contributed by atoms with Crippen molar-refractivity contribution in [3.63, 3.8) is 0 Å². The van der Waals surface area contributed by atoms with E-state index in [9.17, 15) is 9.18 Å². The molecule has 2 aromatic carbocycles. The molecule has 0 radical (unpaired) electrons. The highest BCUT2D eigenvalue weighted by molar-refractivity contribution is 9.10. The Morgan fingerprint density at radius 3 is 2.57 bits per heavy atom. The first-order chi connectivity index (χ1) is 9.93. The molecule has 0 aliphatic carbocycles. The fourth-order valence-corrected chi connectivity index (χ4v) is 2.76. The second-order valence-electron chi connectivity index (χ2n) is 4.69. The lowest BCUT2D eigenvalue weighted by molar-refractivity contribution is -0.123. The minimum Gasteiger partial charge on any atom is -0.312 e. The first-order valence-corrected chi connectivity index (χ1v) is 7.51. The summed E-state index contributed by atoms with van der Waals surface area (Å²) in [5.41, 5.74) is 1.77. The Morgan fingerprint density at radius 2 is 1.90 bits per heavy atom. The minimum absolute atomic E-state index is 0.180. The number of benzene rings is 2. The van der Waals surface area contributed by atoms with Gasteiger partial charge in [0.25, 0.3) is 5.91 Å². The molecule has 1 atom stereocenters. The maximum absolute atomic E-state index is 14.5. The van der Waals surface area contributed by atoms with Crippen molar-refractivity contribution in [3.8, 4) is 0 Å². The molecule has 1 amide bonds. The number of likely N-dealkylation sites (N-methyl/N-ethyl adjacent to an activating group) is 1. The number of hydrogen-bond acceptors (Lipinski definition) is 1. The number of anilines is 1. The standard InChI is InChI=1S/C16H14BrClFNO/c1-10-6-5-9-13(14(10)17)20(2)16(21)15(19)11-7-3-4-8-12(11)18/h3-9,15H,1-2H3. The highest BCUT2D eigenvalue weighted by Crippen LogP contribution is 2.32. The zero-order valence-electron chi connectivity index (χ0n) is 11.6. The summed E-state index contributed by atoms with van der Waals surface area (Å²) in [6.07, 6.45) is -1.80. The number of aryl methyl sites for hydroxylation is 1. The van der Waals surface area contributed by atoms with E-state index in [-0.39, 0.29) is 10.6 Å². The molecule has 110 valence electrons. The normalized spacial score (nSPS) is 12.0. The van der Waals surface area contributed by atoms with E-state index >= 15 is 0 Å². The molecule has 0 aliphatic heterocycles. The predicted octanol–water partition coefficient (Wildman–Crippen LogP) is 5.08. The second kappa shape index (κ2) is 6.58. The molecule has 0 spiro atoms. The van der Waals surface area contributed by atoms with E-state index < -0.39 is 12.1 Å². The molecule has 5 heteroatoms. The van der Waals surface area contributed by atoms with Crippen LogP contribution in [0.5, 0.6) is 0 Å². The fraction of sp³-hybridized carbons (Fsp3) is 0.188. The van der Waals surface area contributed by atoms with Gasteiger partial charge in [0.1, 0.15) is 0 Å². The Hall–Kier alpha value is -1.39. The van der Waals surface area contributed by atoms with Crippen LogP contribution < -0.4 is 4.90 Å². The van der Waals surface area contributed by atoms with Crippen molar-refractivity contribution in [1.82, 2.24) is 0 Å². The quantitative estimate of drug-likeness (QED) is 0.737. The van der Waals surface area contributed by atoms with Crippen molar-refractivity contribution in [2.75, 3.05) is 11.9 Å². The highest BCUT2D eigenvalue weighted by Gasteiger charge is 2.27. The van der Waals surface area contributed by atoms with Crippen LogP contribution in [0, 0.1) is 6.92 Å². The van der Waals surface area contributed by atoms with E-state index in [1.807, 2.05) is 19.1 Å². The van der Waals surface area contributed by atoms with Gasteiger partial charge in [-0.05, 0) is 40.5 Å². The Morgan fingerprint density at radius 1 is 1.24 bits per heavy atom. The van der Waals surface area contributed by atoms with Crippen LogP contribution in [0.3, 0.4) is 0 Å². The summed E-state index contributed by atoms with van der Waals surface area (Å²) in [6, 6.07) is 11.9. The lowest BCUT2D eigenvalue weighted by Gasteiger charge is -2.22. The molecule has 2 aromatic rings. The Labute approximate surface area is 136 Å². The summed E-state index contributed by atoms with van der Waals surface area (Å²) in [5, 5.41) is 0.245. The van der Waals surface area contributed by atoms with Crippen molar-refractivity contribution in [2.45, 2.75) is 13.1 Å². The summed E-state index contributed by atoms with van der Waals surface area (Å²) in [4.78, 5) is 13.6. The SMILES string of the molecule is Cc1cccc(N(C)C(=O)C(F)c2ccccc2Cl)c1Br. The smallest absolute Gasteiger partial charge is 0.266 e. The molecular formula is C16H14BrClFNO. The van der Waals surface area contributed by atoms with Crippen LogP contribution in [0.1, 0.15) is 17.3 Å². The largest absolute Gasteiger partial charge is 0.312 e. The van der Waals surface area contributed by atoms with Crippen LogP contribution in [0.15, 0.2) is 46.9 Å². The molecule has 0 N–H and O–H groups in total. The molecule has 21 heavy (non-hydrogen) atoms. The molecular weight excluding hydrogens is 357 g/mol. The van der Waals surface area contributed by atoms with Crippen LogP contribution in [0.25, 0.3) is 0 Å². The number of alkyl halides is 1. The zero-order valence-corrected chi connectivity index (χ0v) is 14.0. The Balaban J connectivity index is 2.31. The van der Waals surface area contributed by atoms with Crippen LogP contribution >= 0.6 is 27.5 Å².